The zero-order valence-corrected chi connectivity index (χ0v) is 15.5. The number of nitrogens with one attached hydrogen (secondary N) is 3. The monoisotopic (exact) mass is 367 g/mol. The Morgan fingerprint density at radius 2 is 1.88 bits per heavy atom. The maximum Gasteiger partial charge on any atom is 0.321 e. The Morgan fingerprint density at radius 3 is 2.48 bits per heavy atom. The number of benzene rings is 1. The Labute approximate surface area is 153 Å². The molecule has 0 spiro atoms. The lowest BCUT2D eigenvalue weighted by molar-refractivity contribution is -0.121. The number of carbonyl (C=O) groups excluding carboxylic acids is 2. The van der Waals surface area contributed by atoms with Crippen molar-refractivity contribution >= 4 is 23.5 Å². The minimum Gasteiger partial charge on any atom is -0.381 e. The average molecular weight is 368 g/mol. The van der Waals surface area contributed by atoms with Crippen LogP contribution in [-0.4, -0.2) is 44.3 Å². The molecule has 0 radical (unpaired) electrons. The number of ether oxygens (including phenoxy) is 1. The zero-order chi connectivity index (χ0) is 18.3. The van der Waals surface area contributed by atoms with Crippen LogP contribution in [0, 0.1) is 0 Å². The van der Waals surface area contributed by atoms with Crippen molar-refractivity contribution in [1.29, 1.82) is 0 Å². The predicted octanol–water partition coefficient (Wildman–Crippen LogP) is 2.21. The Hall–Kier alpha value is -1.63. The SMILES string of the molecule is CCNC(=O)NC(=O)[C@H](C)NCC1(c2ccc(Cl)cc2)CCOCC1. The van der Waals surface area contributed by atoms with Crippen LogP contribution in [0.3, 0.4) is 0 Å². The first kappa shape index (κ1) is 19.7. The van der Waals surface area contributed by atoms with E-state index in [2.05, 4.69) is 16.0 Å². The van der Waals surface area contributed by atoms with Gasteiger partial charge in [0, 0.05) is 36.7 Å². The van der Waals surface area contributed by atoms with Crippen molar-refractivity contribution in [2.75, 3.05) is 26.3 Å². The molecule has 1 fully saturated rings. The number of rotatable bonds is 6. The van der Waals surface area contributed by atoms with E-state index in [-0.39, 0.29) is 11.3 Å². The highest BCUT2D eigenvalue weighted by molar-refractivity contribution is 6.30. The van der Waals surface area contributed by atoms with Gasteiger partial charge in [-0.3, -0.25) is 10.1 Å². The molecule has 2 rings (SSSR count). The molecule has 1 aliphatic rings. The summed E-state index contributed by atoms with van der Waals surface area (Å²) in [5, 5.41) is 8.86. The molecule has 3 amide bonds. The molecule has 25 heavy (non-hydrogen) atoms. The van der Waals surface area contributed by atoms with E-state index in [1.807, 2.05) is 24.3 Å². The van der Waals surface area contributed by atoms with Crippen molar-refractivity contribution in [1.82, 2.24) is 16.0 Å². The first-order chi connectivity index (χ1) is 12.0. The quantitative estimate of drug-likeness (QED) is 0.720. The molecule has 138 valence electrons. The van der Waals surface area contributed by atoms with Crippen molar-refractivity contribution in [2.24, 2.45) is 0 Å². The van der Waals surface area contributed by atoms with E-state index >= 15 is 0 Å². The molecule has 1 aliphatic heterocycles. The fourth-order valence-corrected chi connectivity index (χ4v) is 3.13. The average Bonchev–Trinajstić information content (AvgIpc) is 2.61. The highest BCUT2D eigenvalue weighted by Gasteiger charge is 2.35. The Bertz CT molecular complexity index is 586. The molecule has 0 aliphatic carbocycles. The van der Waals surface area contributed by atoms with Crippen molar-refractivity contribution in [3.8, 4) is 0 Å². The van der Waals surface area contributed by atoms with Gasteiger partial charge in [0.1, 0.15) is 0 Å². The molecule has 1 heterocycles. The van der Waals surface area contributed by atoms with Crippen LogP contribution in [0.2, 0.25) is 5.02 Å². The summed E-state index contributed by atoms with van der Waals surface area (Å²) in [5.41, 5.74) is 1.08. The van der Waals surface area contributed by atoms with Gasteiger partial charge in [-0.05, 0) is 44.4 Å². The molecule has 3 N–H and O–H groups in total. The second-order valence-electron chi connectivity index (χ2n) is 6.35. The largest absolute Gasteiger partial charge is 0.381 e. The number of hydrogen-bond acceptors (Lipinski definition) is 4. The summed E-state index contributed by atoms with van der Waals surface area (Å²) in [6.07, 6.45) is 1.73. The number of amides is 3. The second kappa shape index (κ2) is 9.17. The van der Waals surface area contributed by atoms with E-state index in [4.69, 9.17) is 16.3 Å². The molecule has 1 atom stereocenters. The first-order valence-electron chi connectivity index (χ1n) is 8.63. The third-order valence-electron chi connectivity index (χ3n) is 4.62. The third-order valence-corrected chi connectivity index (χ3v) is 4.87. The minimum atomic E-state index is -0.477. The van der Waals surface area contributed by atoms with Crippen LogP contribution < -0.4 is 16.0 Å². The van der Waals surface area contributed by atoms with Gasteiger partial charge in [-0.15, -0.1) is 0 Å². The molecule has 7 heteroatoms. The molecular formula is C18H26ClN3O3. The van der Waals surface area contributed by atoms with Crippen molar-refractivity contribution in [2.45, 2.75) is 38.1 Å². The number of hydrogen-bond donors (Lipinski definition) is 3. The molecule has 6 nitrogen and oxygen atoms in total. The molecule has 1 saturated heterocycles. The lowest BCUT2D eigenvalue weighted by atomic mass is 9.74. The number of urea groups is 1. The summed E-state index contributed by atoms with van der Waals surface area (Å²) >= 11 is 6.01. The van der Waals surface area contributed by atoms with Crippen LogP contribution in [0.5, 0.6) is 0 Å². The fourth-order valence-electron chi connectivity index (χ4n) is 3.00. The van der Waals surface area contributed by atoms with Gasteiger partial charge in [-0.25, -0.2) is 4.79 Å². The molecule has 0 aromatic heterocycles. The van der Waals surface area contributed by atoms with Crippen LogP contribution >= 0.6 is 11.6 Å². The van der Waals surface area contributed by atoms with Gasteiger partial charge in [0.05, 0.1) is 6.04 Å². The van der Waals surface area contributed by atoms with Crippen molar-refractivity contribution in [3.63, 3.8) is 0 Å². The molecule has 1 aromatic carbocycles. The molecule has 0 saturated carbocycles. The van der Waals surface area contributed by atoms with E-state index in [1.54, 1.807) is 13.8 Å². The number of halogens is 1. The first-order valence-corrected chi connectivity index (χ1v) is 9.00. The lowest BCUT2D eigenvalue weighted by Crippen LogP contribution is -2.52. The molecule has 1 aromatic rings. The highest BCUT2D eigenvalue weighted by Crippen LogP contribution is 2.35. The summed E-state index contributed by atoms with van der Waals surface area (Å²) in [4.78, 5) is 23.6. The van der Waals surface area contributed by atoms with Gasteiger partial charge in [0.2, 0.25) is 5.91 Å². The Kier molecular flexibility index (Phi) is 7.23. The van der Waals surface area contributed by atoms with E-state index in [0.29, 0.717) is 31.3 Å². The van der Waals surface area contributed by atoms with Crippen LogP contribution in [-0.2, 0) is 14.9 Å². The van der Waals surface area contributed by atoms with E-state index in [0.717, 1.165) is 12.8 Å². The smallest absolute Gasteiger partial charge is 0.321 e. The predicted molar refractivity (Wildman–Crippen MR) is 97.9 cm³/mol. The van der Waals surface area contributed by atoms with Crippen molar-refractivity contribution < 1.29 is 14.3 Å². The van der Waals surface area contributed by atoms with Gasteiger partial charge in [-0.2, -0.15) is 0 Å². The van der Waals surface area contributed by atoms with Gasteiger partial charge in [0.15, 0.2) is 0 Å². The Balaban J connectivity index is 2.01. The standard InChI is InChI=1S/C18H26ClN3O3/c1-3-20-17(24)22-16(23)13(2)21-12-18(8-10-25-11-9-18)14-4-6-15(19)7-5-14/h4-7,13,21H,3,8-12H2,1-2H3,(H2,20,22,23,24)/t13-/m0/s1. The van der Waals surface area contributed by atoms with Gasteiger partial charge < -0.3 is 15.4 Å². The maximum atomic E-state index is 12.1. The summed E-state index contributed by atoms with van der Waals surface area (Å²) in [6.45, 7) is 6.02. The zero-order valence-electron chi connectivity index (χ0n) is 14.7. The maximum absolute atomic E-state index is 12.1. The topological polar surface area (TPSA) is 79.5 Å². The second-order valence-corrected chi connectivity index (χ2v) is 6.79. The lowest BCUT2D eigenvalue weighted by Gasteiger charge is -2.38. The summed E-state index contributed by atoms with van der Waals surface area (Å²) < 4.78 is 5.52. The van der Waals surface area contributed by atoms with Gasteiger partial charge >= 0.3 is 6.03 Å². The van der Waals surface area contributed by atoms with Crippen LogP contribution in [0.1, 0.15) is 32.3 Å². The molecule has 0 bridgehead atoms. The van der Waals surface area contributed by atoms with Gasteiger partial charge in [-0.1, -0.05) is 23.7 Å². The van der Waals surface area contributed by atoms with Crippen molar-refractivity contribution in [3.05, 3.63) is 34.9 Å². The van der Waals surface area contributed by atoms with Gasteiger partial charge in [0.25, 0.3) is 0 Å². The summed E-state index contributed by atoms with van der Waals surface area (Å²) in [7, 11) is 0. The normalized spacial score (nSPS) is 17.6. The molecule has 0 unspecified atom stereocenters. The van der Waals surface area contributed by atoms with E-state index in [9.17, 15) is 9.59 Å². The third kappa shape index (κ3) is 5.42. The minimum absolute atomic E-state index is 0.108. The number of imide groups is 1. The molecular weight excluding hydrogens is 342 g/mol. The van der Waals surface area contributed by atoms with E-state index in [1.165, 1.54) is 5.56 Å². The summed E-state index contributed by atoms with van der Waals surface area (Å²) in [6, 6.07) is 6.90. The van der Waals surface area contributed by atoms with Crippen LogP contribution in [0.4, 0.5) is 4.79 Å². The van der Waals surface area contributed by atoms with Crippen LogP contribution in [0.25, 0.3) is 0 Å². The Morgan fingerprint density at radius 1 is 1.24 bits per heavy atom. The van der Waals surface area contributed by atoms with E-state index < -0.39 is 12.1 Å². The number of carbonyl (C=O) groups is 2. The summed E-state index contributed by atoms with van der Waals surface area (Å²) in [5.74, 6) is -0.343. The van der Waals surface area contributed by atoms with Crippen LogP contribution in [0.15, 0.2) is 24.3 Å². The highest BCUT2D eigenvalue weighted by atomic mass is 35.5. The fraction of sp³-hybridized carbons (Fsp3) is 0.556.